The number of hydrogen-bond acceptors (Lipinski definition) is 6. The van der Waals surface area contributed by atoms with Crippen molar-refractivity contribution in [2.24, 2.45) is 0 Å². The van der Waals surface area contributed by atoms with Crippen molar-refractivity contribution in [2.75, 3.05) is 11.5 Å². The fourth-order valence-electron chi connectivity index (χ4n) is 4.21. The number of carbonyl (C=O) groups is 2. The molecular formula is C28H26N2O5. The molecule has 0 radical (unpaired) electrons. The van der Waals surface area contributed by atoms with Gasteiger partial charge in [0.25, 0.3) is 11.7 Å². The Morgan fingerprint density at radius 3 is 2.43 bits per heavy atom. The Hall–Kier alpha value is -4.31. The lowest BCUT2D eigenvalue weighted by molar-refractivity contribution is -0.132. The van der Waals surface area contributed by atoms with E-state index in [9.17, 15) is 14.7 Å². The zero-order valence-corrected chi connectivity index (χ0v) is 20.0. The van der Waals surface area contributed by atoms with Crippen molar-refractivity contribution in [1.29, 1.82) is 5.26 Å². The van der Waals surface area contributed by atoms with Crippen LogP contribution >= 0.6 is 0 Å². The first-order valence-corrected chi connectivity index (χ1v) is 11.3. The summed E-state index contributed by atoms with van der Waals surface area (Å²) in [5.74, 6) is -0.886. The van der Waals surface area contributed by atoms with E-state index in [-0.39, 0.29) is 16.7 Å². The lowest BCUT2D eigenvalue weighted by atomic mass is 9.84. The summed E-state index contributed by atoms with van der Waals surface area (Å²) in [6.45, 7) is 8.47. The van der Waals surface area contributed by atoms with Gasteiger partial charge in [-0.1, -0.05) is 20.8 Å². The largest absolute Gasteiger partial charge is 0.507 e. The molecule has 1 aliphatic rings. The normalized spacial score (nSPS) is 17.5. The number of ketones is 1. The van der Waals surface area contributed by atoms with E-state index in [1.165, 1.54) is 11.2 Å². The SMILES string of the molecule is CCOc1ccc(/C(O)=C2/C(=O)C(=O)N(c3ccc(C#N)cc3)C2c2ccco2)cc1C(C)(C)C. The van der Waals surface area contributed by atoms with Gasteiger partial charge in [0.1, 0.15) is 23.3 Å². The standard InChI is InChI=1S/C28H26N2O5/c1-5-34-21-13-10-18(15-20(21)28(2,3)4)25(31)23-24(22-7-6-14-35-22)30(27(33)26(23)32)19-11-8-17(16-29)9-12-19/h6-15,24,31H,5H2,1-4H3/b25-23-. The Morgan fingerprint density at radius 1 is 1.14 bits per heavy atom. The molecule has 0 aliphatic carbocycles. The molecule has 1 atom stereocenters. The van der Waals surface area contributed by atoms with E-state index in [0.29, 0.717) is 34.9 Å². The summed E-state index contributed by atoms with van der Waals surface area (Å²) < 4.78 is 11.4. The Morgan fingerprint density at radius 2 is 1.86 bits per heavy atom. The minimum absolute atomic E-state index is 0.0710. The maximum absolute atomic E-state index is 13.3. The lowest BCUT2D eigenvalue weighted by Crippen LogP contribution is -2.29. The molecule has 178 valence electrons. The predicted molar refractivity (Wildman–Crippen MR) is 131 cm³/mol. The predicted octanol–water partition coefficient (Wildman–Crippen LogP) is 5.47. The number of rotatable bonds is 5. The van der Waals surface area contributed by atoms with Crippen LogP contribution in [0.5, 0.6) is 5.75 Å². The number of amides is 1. The van der Waals surface area contributed by atoms with E-state index in [4.69, 9.17) is 14.4 Å². The smallest absolute Gasteiger partial charge is 0.300 e. The van der Waals surface area contributed by atoms with E-state index in [1.54, 1.807) is 54.6 Å². The number of hydrogen-bond donors (Lipinski definition) is 1. The first-order valence-electron chi connectivity index (χ1n) is 11.3. The van der Waals surface area contributed by atoms with E-state index >= 15 is 0 Å². The number of nitriles is 1. The van der Waals surface area contributed by atoms with Crippen molar-refractivity contribution >= 4 is 23.1 Å². The number of aliphatic hydroxyl groups is 1. The summed E-state index contributed by atoms with van der Waals surface area (Å²) in [6.07, 6.45) is 1.45. The van der Waals surface area contributed by atoms with Gasteiger partial charge in [-0.3, -0.25) is 14.5 Å². The molecule has 0 spiro atoms. The maximum Gasteiger partial charge on any atom is 0.300 e. The molecule has 1 aromatic heterocycles. The van der Waals surface area contributed by atoms with Crippen LogP contribution in [0.15, 0.2) is 70.9 Å². The van der Waals surface area contributed by atoms with Crippen molar-refractivity contribution in [3.05, 3.63) is 88.9 Å². The van der Waals surface area contributed by atoms with Crippen LogP contribution in [-0.4, -0.2) is 23.4 Å². The molecule has 1 saturated heterocycles. The molecule has 1 unspecified atom stereocenters. The maximum atomic E-state index is 13.3. The lowest BCUT2D eigenvalue weighted by Gasteiger charge is -2.25. The van der Waals surface area contributed by atoms with Crippen LogP contribution < -0.4 is 9.64 Å². The summed E-state index contributed by atoms with van der Waals surface area (Å²) in [7, 11) is 0. The van der Waals surface area contributed by atoms with E-state index in [1.807, 2.05) is 33.8 Å². The quantitative estimate of drug-likeness (QED) is 0.301. The molecule has 0 saturated carbocycles. The summed E-state index contributed by atoms with van der Waals surface area (Å²) in [5, 5.41) is 20.5. The fraction of sp³-hybridized carbons (Fsp3) is 0.250. The van der Waals surface area contributed by atoms with Gasteiger partial charge in [0, 0.05) is 16.8 Å². The van der Waals surface area contributed by atoms with Gasteiger partial charge in [-0.05, 0) is 66.9 Å². The van der Waals surface area contributed by atoms with Crippen molar-refractivity contribution in [3.63, 3.8) is 0 Å². The molecule has 7 heteroatoms. The van der Waals surface area contributed by atoms with Crippen molar-refractivity contribution in [2.45, 2.75) is 39.2 Å². The van der Waals surface area contributed by atoms with E-state index < -0.39 is 17.7 Å². The monoisotopic (exact) mass is 470 g/mol. The second-order valence-electron chi connectivity index (χ2n) is 9.24. The Balaban J connectivity index is 1.90. The molecule has 4 rings (SSSR count). The van der Waals surface area contributed by atoms with Crippen LogP contribution in [0.3, 0.4) is 0 Å². The number of furan rings is 1. The van der Waals surface area contributed by atoms with Crippen LogP contribution in [0.4, 0.5) is 5.69 Å². The molecule has 1 N–H and O–H groups in total. The molecule has 3 aromatic rings. The highest BCUT2D eigenvalue weighted by molar-refractivity contribution is 6.51. The Bertz CT molecular complexity index is 1340. The summed E-state index contributed by atoms with van der Waals surface area (Å²) >= 11 is 0. The minimum atomic E-state index is -0.970. The molecule has 7 nitrogen and oxygen atoms in total. The van der Waals surface area contributed by atoms with Gasteiger partial charge in [-0.15, -0.1) is 0 Å². The number of carbonyl (C=O) groups excluding carboxylic acids is 2. The Kier molecular flexibility index (Phi) is 6.23. The van der Waals surface area contributed by atoms with Crippen LogP contribution in [0.1, 0.15) is 56.2 Å². The van der Waals surface area contributed by atoms with Gasteiger partial charge < -0.3 is 14.3 Å². The molecule has 1 fully saturated rings. The first-order chi connectivity index (χ1) is 16.7. The van der Waals surface area contributed by atoms with Gasteiger partial charge in [0.2, 0.25) is 0 Å². The highest BCUT2D eigenvalue weighted by Crippen LogP contribution is 2.43. The third-order valence-electron chi connectivity index (χ3n) is 5.89. The fourth-order valence-corrected chi connectivity index (χ4v) is 4.21. The van der Waals surface area contributed by atoms with Crippen LogP contribution in [0, 0.1) is 11.3 Å². The number of nitrogens with zero attached hydrogens (tertiary/aromatic N) is 2. The summed E-state index contributed by atoms with van der Waals surface area (Å²) in [4.78, 5) is 27.7. The molecule has 35 heavy (non-hydrogen) atoms. The number of ether oxygens (including phenoxy) is 1. The van der Waals surface area contributed by atoms with Crippen molar-refractivity contribution in [1.82, 2.24) is 0 Å². The minimum Gasteiger partial charge on any atom is -0.507 e. The van der Waals surface area contributed by atoms with Gasteiger partial charge in [-0.25, -0.2) is 0 Å². The van der Waals surface area contributed by atoms with Crippen molar-refractivity contribution in [3.8, 4) is 11.8 Å². The van der Waals surface area contributed by atoms with Gasteiger partial charge in [0.15, 0.2) is 0 Å². The van der Waals surface area contributed by atoms with E-state index in [2.05, 4.69) is 0 Å². The number of Topliss-reactive ketones (excluding diaryl/α,β-unsaturated/α-hetero) is 1. The Labute approximate surface area is 203 Å². The third kappa shape index (κ3) is 4.31. The second-order valence-corrected chi connectivity index (χ2v) is 9.24. The molecular weight excluding hydrogens is 444 g/mol. The van der Waals surface area contributed by atoms with E-state index in [0.717, 1.165) is 5.56 Å². The molecule has 1 amide bonds. The third-order valence-corrected chi connectivity index (χ3v) is 5.89. The number of benzene rings is 2. The highest BCUT2D eigenvalue weighted by Gasteiger charge is 2.48. The van der Waals surface area contributed by atoms with Crippen LogP contribution in [0.2, 0.25) is 0 Å². The van der Waals surface area contributed by atoms with Gasteiger partial charge in [-0.2, -0.15) is 5.26 Å². The zero-order valence-electron chi connectivity index (χ0n) is 20.0. The summed E-state index contributed by atoms with van der Waals surface area (Å²) in [6, 6.07) is 15.9. The molecule has 0 bridgehead atoms. The second kappa shape index (κ2) is 9.15. The zero-order chi connectivity index (χ0) is 25.3. The molecule has 1 aliphatic heterocycles. The van der Waals surface area contributed by atoms with Crippen LogP contribution in [0.25, 0.3) is 5.76 Å². The van der Waals surface area contributed by atoms with Crippen LogP contribution in [-0.2, 0) is 15.0 Å². The highest BCUT2D eigenvalue weighted by atomic mass is 16.5. The topological polar surface area (TPSA) is 104 Å². The average molecular weight is 471 g/mol. The van der Waals surface area contributed by atoms with Gasteiger partial charge >= 0.3 is 0 Å². The first kappa shape index (κ1) is 23.8. The van der Waals surface area contributed by atoms with Crippen molar-refractivity contribution < 1.29 is 23.8 Å². The van der Waals surface area contributed by atoms with Gasteiger partial charge in [0.05, 0.1) is 30.1 Å². The molecule has 2 aromatic carbocycles. The number of anilines is 1. The number of aliphatic hydroxyl groups excluding tert-OH is 1. The molecule has 2 heterocycles. The summed E-state index contributed by atoms with van der Waals surface area (Å²) in [5.41, 5.74) is 1.72. The average Bonchev–Trinajstić information content (AvgIpc) is 3.45.